The molecule has 10 heteroatoms. The summed E-state index contributed by atoms with van der Waals surface area (Å²) >= 11 is 0. The number of anilines is 2. The number of aromatic nitrogens is 2. The third kappa shape index (κ3) is 1.80. The molecule has 2 aliphatic heterocycles. The van der Waals surface area contributed by atoms with Crippen molar-refractivity contribution in [2.75, 3.05) is 23.0 Å². The number of aliphatic hydroxyl groups excluding tert-OH is 3. The average Bonchev–Trinajstić information content (AvgIpc) is 2.90. The Balaban J connectivity index is 1.95. The number of rotatable bonds is 2. The van der Waals surface area contributed by atoms with E-state index in [-0.39, 0.29) is 18.2 Å². The summed E-state index contributed by atoms with van der Waals surface area (Å²) in [6.07, 6.45) is -3.08. The molecule has 9 nitrogen and oxygen atoms in total. The Labute approximate surface area is 114 Å². The zero-order chi connectivity index (χ0) is 14.4. The molecule has 2 aliphatic rings. The Morgan fingerprint density at radius 2 is 2.25 bits per heavy atom. The lowest BCUT2D eigenvalue weighted by molar-refractivity contribution is -0.0221. The average molecular weight is 280 g/mol. The topological polar surface area (TPSA) is 122 Å². The van der Waals surface area contributed by atoms with Crippen LogP contribution < -0.4 is 15.3 Å². The third-order valence-electron chi connectivity index (χ3n) is 3.50. The van der Waals surface area contributed by atoms with Gasteiger partial charge < -0.3 is 34.8 Å². The van der Waals surface area contributed by atoms with Crippen molar-refractivity contribution in [2.45, 2.75) is 24.5 Å². The lowest BCUT2D eigenvalue weighted by atomic mass is 10.1. The van der Waals surface area contributed by atoms with Gasteiger partial charge >= 0.3 is 0 Å². The van der Waals surface area contributed by atoms with E-state index >= 15 is 0 Å². The second-order valence-electron chi connectivity index (χ2n) is 4.71. The monoisotopic (exact) mass is 280 g/mol. The largest absolute Gasteiger partial charge is 0.402 e. The molecule has 4 N–H and O–H groups in total. The zero-order valence-corrected chi connectivity index (χ0v) is 10.4. The van der Waals surface area contributed by atoms with E-state index in [0.717, 1.165) is 0 Å². The molecule has 1 saturated heterocycles. The van der Waals surface area contributed by atoms with Crippen molar-refractivity contribution in [2.24, 2.45) is 0 Å². The van der Waals surface area contributed by atoms with E-state index in [2.05, 4.69) is 9.97 Å². The minimum Gasteiger partial charge on any atom is -0.402 e. The van der Waals surface area contributed by atoms with Gasteiger partial charge in [0.25, 0.3) is 5.56 Å². The summed E-state index contributed by atoms with van der Waals surface area (Å²) in [7, 11) is 5.74. The lowest BCUT2D eigenvalue weighted by Gasteiger charge is -2.27. The molecule has 0 spiro atoms. The first-order valence-electron chi connectivity index (χ1n) is 6.03. The van der Waals surface area contributed by atoms with Crippen molar-refractivity contribution in [1.82, 2.24) is 9.97 Å². The van der Waals surface area contributed by atoms with Crippen LogP contribution in [0.2, 0.25) is 0 Å². The summed E-state index contributed by atoms with van der Waals surface area (Å²) in [5.41, 5.74) is -0.253. The minimum absolute atomic E-state index is 0.0715. The van der Waals surface area contributed by atoms with Crippen LogP contribution in [-0.4, -0.2) is 71.1 Å². The molecule has 0 unspecified atom stereocenters. The van der Waals surface area contributed by atoms with Crippen LogP contribution in [0.15, 0.2) is 11.1 Å². The van der Waals surface area contributed by atoms with Gasteiger partial charge in [0.2, 0.25) is 7.98 Å². The van der Waals surface area contributed by atoms with E-state index in [9.17, 15) is 15.0 Å². The predicted octanol–water partition coefficient (Wildman–Crippen LogP) is -3.12. The number of fused-ring (bicyclic) bond motifs is 1. The molecule has 20 heavy (non-hydrogen) atoms. The zero-order valence-electron chi connectivity index (χ0n) is 10.4. The van der Waals surface area contributed by atoms with Crippen molar-refractivity contribution in [3.05, 3.63) is 16.7 Å². The van der Waals surface area contributed by atoms with Gasteiger partial charge in [-0.2, -0.15) is 0 Å². The standard InChI is InChI=1S/C10H13BN4O5/c11-15-3-14(8-5(15)9(19)13-2-12-8)10-7(18)6(17)4(1-16)20-10/h2,4,6-7,10,16-18H,1,3H2,(H,12,13,19)/t4-,6-,7-,10-/m1/s1. The highest BCUT2D eigenvalue weighted by atomic mass is 16.6. The molecule has 1 fully saturated rings. The third-order valence-corrected chi connectivity index (χ3v) is 3.50. The molecule has 0 amide bonds. The van der Waals surface area contributed by atoms with Crippen molar-refractivity contribution in [1.29, 1.82) is 0 Å². The van der Waals surface area contributed by atoms with Gasteiger partial charge in [0.05, 0.1) is 19.6 Å². The highest BCUT2D eigenvalue weighted by molar-refractivity contribution is 6.20. The Hall–Kier alpha value is -1.62. The van der Waals surface area contributed by atoms with E-state index < -0.39 is 36.7 Å². The molecule has 3 rings (SSSR count). The number of hydrogen-bond acceptors (Lipinski definition) is 8. The van der Waals surface area contributed by atoms with Gasteiger partial charge in [0, 0.05) is 0 Å². The Morgan fingerprint density at radius 1 is 1.50 bits per heavy atom. The number of H-pyrrole nitrogens is 1. The molecular weight excluding hydrogens is 267 g/mol. The van der Waals surface area contributed by atoms with Crippen molar-refractivity contribution >= 4 is 19.5 Å². The first-order chi connectivity index (χ1) is 9.54. The van der Waals surface area contributed by atoms with Gasteiger partial charge in [0.1, 0.15) is 24.0 Å². The fourth-order valence-electron chi connectivity index (χ4n) is 2.49. The van der Waals surface area contributed by atoms with Crippen molar-refractivity contribution < 1.29 is 20.1 Å². The maximum absolute atomic E-state index is 11.7. The predicted molar refractivity (Wildman–Crippen MR) is 68.2 cm³/mol. The van der Waals surface area contributed by atoms with E-state index in [1.54, 1.807) is 0 Å². The second-order valence-corrected chi connectivity index (χ2v) is 4.71. The second kappa shape index (κ2) is 4.74. The van der Waals surface area contributed by atoms with Gasteiger partial charge in [-0.1, -0.05) is 0 Å². The molecule has 0 aromatic carbocycles. The minimum atomic E-state index is -1.24. The number of hydrogen-bond donors (Lipinski definition) is 4. The molecular formula is C10H13BN4O5. The molecule has 4 atom stereocenters. The smallest absolute Gasteiger partial charge is 0.275 e. The summed E-state index contributed by atoms with van der Waals surface area (Å²) in [6, 6.07) is 0. The fraction of sp³-hybridized carbons (Fsp3) is 0.600. The number of aromatic amines is 1. The summed E-state index contributed by atoms with van der Waals surface area (Å²) in [5.74, 6) is 0.256. The molecule has 0 saturated carbocycles. The molecule has 1 aromatic heterocycles. The first-order valence-corrected chi connectivity index (χ1v) is 6.03. The van der Waals surface area contributed by atoms with E-state index in [4.69, 9.17) is 17.8 Å². The molecule has 3 heterocycles. The van der Waals surface area contributed by atoms with Gasteiger partial charge in [-0.15, -0.1) is 0 Å². The van der Waals surface area contributed by atoms with E-state index in [1.807, 2.05) is 0 Å². The summed E-state index contributed by atoms with van der Waals surface area (Å²) in [5, 5.41) is 28.8. The van der Waals surface area contributed by atoms with Crippen LogP contribution >= 0.6 is 0 Å². The van der Waals surface area contributed by atoms with Crippen LogP contribution in [0.4, 0.5) is 11.5 Å². The Kier molecular flexibility index (Phi) is 3.17. The van der Waals surface area contributed by atoms with Crippen LogP contribution in [0.5, 0.6) is 0 Å². The van der Waals surface area contributed by atoms with Crippen LogP contribution in [0.1, 0.15) is 0 Å². The van der Waals surface area contributed by atoms with Crippen molar-refractivity contribution in [3.63, 3.8) is 0 Å². The maximum Gasteiger partial charge on any atom is 0.275 e. The SMILES string of the molecule is [B]N1CN([C@@H]2O[C@H](CO)[C@@H](O)[C@H]2O)c2nc[nH]c(=O)c21. The van der Waals surface area contributed by atoms with E-state index in [1.165, 1.54) is 16.0 Å². The highest BCUT2D eigenvalue weighted by Gasteiger charge is 2.47. The van der Waals surface area contributed by atoms with Crippen LogP contribution in [0.25, 0.3) is 0 Å². The summed E-state index contributed by atoms with van der Waals surface area (Å²) < 4.78 is 5.41. The number of nitrogens with one attached hydrogen (secondary N) is 1. The summed E-state index contributed by atoms with van der Waals surface area (Å²) in [6.45, 7) is -0.355. The van der Waals surface area contributed by atoms with Gasteiger partial charge in [-0.3, -0.25) is 4.79 Å². The highest BCUT2D eigenvalue weighted by Crippen LogP contribution is 2.34. The number of nitrogens with zero attached hydrogens (tertiary/aromatic N) is 3. The van der Waals surface area contributed by atoms with Gasteiger partial charge in [-0.05, 0) is 0 Å². The Bertz CT molecular complexity index is 569. The van der Waals surface area contributed by atoms with Gasteiger partial charge in [-0.25, -0.2) is 4.98 Å². The Morgan fingerprint density at radius 3 is 2.90 bits per heavy atom. The molecule has 106 valence electrons. The first kappa shape index (κ1) is 13.4. The molecule has 2 radical (unpaired) electrons. The van der Waals surface area contributed by atoms with Crippen LogP contribution in [0.3, 0.4) is 0 Å². The van der Waals surface area contributed by atoms with Crippen molar-refractivity contribution in [3.8, 4) is 0 Å². The lowest BCUT2D eigenvalue weighted by Crippen LogP contribution is -2.45. The van der Waals surface area contributed by atoms with Gasteiger partial charge in [0.15, 0.2) is 12.0 Å². The quantitative estimate of drug-likeness (QED) is 0.420. The number of aliphatic hydroxyl groups is 3. The van der Waals surface area contributed by atoms with E-state index in [0.29, 0.717) is 0 Å². The summed E-state index contributed by atoms with van der Waals surface area (Å²) in [4.78, 5) is 20.8. The molecule has 1 aromatic rings. The fourth-order valence-corrected chi connectivity index (χ4v) is 2.49. The molecule has 0 aliphatic carbocycles. The number of ether oxygens (including phenoxy) is 1. The molecule has 0 bridgehead atoms. The van der Waals surface area contributed by atoms with Crippen LogP contribution in [0, 0.1) is 0 Å². The maximum atomic E-state index is 11.7. The normalized spacial score (nSPS) is 32.8. The van der Waals surface area contributed by atoms with Crippen LogP contribution in [-0.2, 0) is 4.74 Å².